The summed E-state index contributed by atoms with van der Waals surface area (Å²) < 4.78 is 16.7. The Balaban J connectivity index is 2.04. The monoisotopic (exact) mass is 291 g/mol. The van der Waals surface area contributed by atoms with Crippen molar-refractivity contribution in [3.05, 3.63) is 23.8 Å². The fourth-order valence-electron chi connectivity index (χ4n) is 2.14. The molecule has 1 atom stereocenters. The molecule has 21 heavy (non-hydrogen) atoms. The molecular weight excluding hydrogens is 270 g/mol. The molecule has 0 bridgehead atoms. The number of morpholine rings is 1. The third kappa shape index (κ3) is 4.64. The third-order valence-electron chi connectivity index (χ3n) is 3.26. The van der Waals surface area contributed by atoms with Crippen molar-refractivity contribution in [1.29, 1.82) is 0 Å². The smallest absolute Gasteiger partial charge is 0.135 e. The average molecular weight is 291 g/mol. The minimum Gasteiger partial charge on any atom is -0.497 e. The Morgan fingerprint density at radius 1 is 1.48 bits per heavy atom. The van der Waals surface area contributed by atoms with Crippen LogP contribution in [0.1, 0.15) is 5.56 Å². The minimum atomic E-state index is -0.187. The number of likely N-dealkylation sites (N-methyl/N-ethyl adjacent to an activating group) is 1. The summed E-state index contributed by atoms with van der Waals surface area (Å²) in [4.78, 5) is 2.22. The van der Waals surface area contributed by atoms with Crippen LogP contribution in [0.5, 0.6) is 11.5 Å². The van der Waals surface area contributed by atoms with Gasteiger partial charge in [0, 0.05) is 13.1 Å². The molecule has 1 aliphatic heterocycles. The fraction of sp³-hybridized carbons (Fsp3) is 0.500. The lowest BCUT2D eigenvalue weighted by Gasteiger charge is -2.29. The molecule has 5 heteroatoms. The maximum absolute atomic E-state index is 8.84. The number of hydrogen-bond acceptors (Lipinski definition) is 5. The summed E-state index contributed by atoms with van der Waals surface area (Å²) in [7, 11) is 3.67. The summed E-state index contributed by atoms with van der Waals surface area (Å²) >= 11 is 0. The molecule has 1 saturated heterocycles. The van der Waals surface area contributed by atoms with Crippen molar-refractivity contribution >= 4 is 0 Å². The number of nitrogens with zero attached hydrogens (tertiary/aromatic N) is 1. The Hall–Kier alpha value is -1.74. The first-order valence-corrected chi connectivity index (χ1v) is 6.93. The summed E-state index contributed by atoms with van der Waals surface area (Å²) in [5, 5.41) is 8.84. The van der Waals surface area contributed by atoms with Crippen molar-refractivity contribution in [2.75, 3.05) is 47.1 Å². The number of hydrogen-bond donors (Lipinski definition) is 1. The average Bonchev–Trinajstić information content (AvgIpc) is 2.51. The van der Waals surface area contributed by atoms with Crippen molar-refractivity contribution in [3.8, 4) is 23.3 Å². The molecule has 1 fully saturated rings. The quantitative estimate of drug-likeness (QED) is 0.830. The van der Waals surface area contributed by atoms with Gasteiger partial charge >= 0.3 is 0 Å². The van der Waals surface area contributed by atoms with Gasteiger partial charge in [0.15, 0.2) is 0 Å². The van der Waals surface area contributed by atoms with Crippen molar-refractivity contribution in [2.24, 2.45) is 0 Å². The first-order valence-electron chi connectivity index (χ1n) is 6.93. The van der Waals surface area contributed by atoms with Gasteiger partial charge in [-0.15, -0.1) is 0 Å². The normalized spacial score (nSPS) is 18.7. The Morgan fingerprint density at radius 3 is 3.05 bits per heavy atom. The lowest BCUT2D eigenvalue weighted by molar-refractivity contribution is -0.0403. The fourth-order valence-corrected chi connectivity index (χ4v) is 2.14. The predicted octanol–water partition coefficient (Wildman–Crippen LogP) is 0.748. The second-order valence-corrected chi connectivity index (χ2v) is 4.89. The number of aliphatic hydroxyl groups is 1. The molecule has 5 nitrogen and oxygen atoms in total. The van der Waals surface area contributed by atoms with Crippen LogP contribution in [-0.2, 0) is 4.74 Å². The first-order chi connectivity index (χ1) is 10.2. The molecule has 1 unspecified atom stereocenters. The van der Waals surface area contributed by atoms with Crippen LogP contribution < -0.4 is 9.47 Å². The number of rotatable bonds is 4. The van der Waals surface area contributed by atoms with E-state index in [2.05, 4.69) is 23.8 Å². The molecule has 0 amide bonds. The Labute approximate surface area is 125 Å². The zero-order valence-corrected chi connectivity index (χ0v) is 12.5. The van der Waals surface area contributed by atoms with Crippen LogP contribution in [-0.4, -0.2) is 63.2 Å². The van der Waals surface area contributed by atoms with Gasteiger partial charge in [-0.05, 0) is 25.2 Å². The molecule has 1 aromatic rings. The van der Waals surface area contributed by atoms with Crippen LogP contribution in [0.15, 0.2) is 18.2 Å². The highest BCUT2D eigenvalue weighted by atomic mass is 16.5. The predicted molar refractivity (Wildman–Crippen MR) is 79.7 cm³/mol. The lowest BCUT2D eigenvalue weighted by Crippen LogP contribution is -2.42. The van der Waals surface area contributed by atoms with Gasteiger partial charge < -0.3 is 24.2 Å². The molecule has 1 N–H and O–H groups in total. The van der Waals surface area contributed by atoms with E-state index >= 15 is 0 Å². The van der Waals surface area contributed by atoms with E-state index in [4.69, 9.17) is 19.3 Å². The van der Waals surface area contributed by atoms with E-state index in [9.17, 15) is 0 Å². The van der Waals surface area contributed by atoms with Crippen molar-refractivity contribution in [1.82, 2.24) is 4.90 Å². The number of aliphatic hydroxyl groups excluding tert-OH is 1. The van der Waals surface area contributed by atoms with E-state index in [1.54, 1.807) is 13.2 Å². The molecule has 1 aliphatic rings. The van der Waals surface area contributed by atoms with Gasteiger partial charge in [-0.25, -0.2) is 0 Å². The molecule has 0 radical (unpaired) electrons. The van der Waals surface area contributed by atoms with Crippen LogP contribution in [0.2, 0.25) is 0 Å². The summed E-state index contributed by atoms with van der Waals surface area (Å²) in [6.07, 6.45) is 0.0597. The molecule has 0 saturated carbocycles. The molecular formula is C16H21NO4. The van der Waals surface area contributed by atoms with Gasteiger partial charge in [0.05, 0.1) is 19.3 Å². The zero-order chi connectivity index (χ0) is 15.1. The minimum absolute atomic E-state index is 0.0597. The number of ether oxygens (including phenoxy) is 3. The second kappa shape index (κ2) is 7.89. The van der Waals surface area contributed by atoms with Gasteiger partial charge in [0.1, 0.15) is 30.8 Å². The number of benzene rings is 1. The highest BCUT2D eigenvalue weighted by molar-refractivity contribution is 5.50. The van der Waals surface area contributed by atoms with Crippen molar-refractivity contribution in [3.63, 3.8) is 0 Å². The van der Waals surface area contributed by atoms with Gasteiger partial charge in [-0.2, -0.15) is 0 Å². The molecule has 1 aromatic carbocycles. The van der Waals surface area contributed by atoms with Gasteiger partial charge in [-0.1, -0.05) is 11.8 Å². The Bertz CT molecular complexity index is 521. The highest BCUT2D eigenvalue weighted by Gasteiger charge is 2.18. The molecule has 1 heterocycles. The van der Waals surface area contributed by atoms with Crippen LogP contribution >= 0.6 is 0 Å². The van der Waals surface area contributed by atoms with E-state index in [0.717, 1.165) is 19.7 Å². The van der Waals surface area contributed by atoms with Crippen LogP contribution in [0.25, 0.3) is 0 Å². The lowest BCUT2D eigenvalue weighted by atomic mass is 10.2. The molecule has 0 aliphatic carbocycles. The zero-order valence-electron chi connectivity index (χ0n) is 12.5. The van der Waals surface area contributed by atoms with Crippen molar-refractivity contribution in [2.45, 2.75) is 6.10 Å². The van der Waals surface area contributed by atoms with Gasteiger partial charge in [0.2, 0.25) is 0 Å². The topological polar surface area (TPSA) is 51.2 Å². The van der Waals surface area contributed by atoms with E-state index < -0.39 is 0 Å². The number of methoxy groups -OCH3 is 1. The molecule has 2 rings (SSSR count). The molecule has 0 spiro atoms. The summed E-state index contributed by atoms with van der Waals surface area (Å²) in [6, 6.07) is 5.45. The van der Waals surface area contributed by atoms with E-state index in [1.165, 1.54) is 0 Å². The van der Waals surface area contributed by atoms with E-state index in [-0.39, 0.29) is 12.7 Å². The van der Waals surface area contributed by atoms with E-state index in [1.807, 2.05) is 12.1 Å². The van der Waals surface area contributed by atoms with Crippen LogP contribution in [0, 0.1) is 11.8 Å². The molecule has 114 valence electrons. The maximum Gasteiger partial charge on any atom is 0.135 e. The van der Waals surface area contributed by atoms with Crippen molar-refractivity contribution < 1.29 is 19.3 Å². The first kappa shape index (κ1) is 15.6. The second-order valence-electron chi connectivity index (χ2n) is 4.89. The summed E-state index contributed by atoms with van der Waals surface area (Å²) in [5.41, 5.74) is 0.701. The van der Waals surface area contributed by atoms with Gasteiger partial charge in [-0.3, -0.25) is 0 Å². The maximum atomic E-state index is 8.84. The van der Waals surface area contributed by atoms with Crippen LogP contribution in [0.3, 0.4) is 0 Å². The van der Waals surface area contributed by atoms with Gasteiger partial charge in [0.25, 0.3) is 0 Å². The largest absolute Gasteiger partial charge is 0.497 e. The Kier molecular flexibility index (Phi) is 5.88. The van der Waals surface area contributed by atoms with Crippen LogP contribution in [0.4, 0.5) is 0 Å². The molecule has 0 aromatic heterocycles. The van der Waals surface area contributed by atoms with E-state index in [0.29, 0.717) is 23.7 Å². The summed E-state index contributed by atoms with van der Waals surface area (Å²) in [5.74, 6) is 6.89. The Morgan fingerprint density at radius 2 is 2.33 bits per heavy atom. The summed E-state index contributed by atoms with van der Waals surface area (Å²) in [6.45, 7) is 2.82. The highest BCUT2D eigenvalue weighted by Crippen LogP contribution is 2.24. The standard InChI is InChI=1S/C16H21NO4/c1-17-7-9-20-15(11-17)12-21-16-6-5-14(19-2)10-13(16)4-3-8-18/h5-6,10,15,18H,7-9,11-12H2,1-2H3. The third-order valence-corrected chi connectivity index (χ3v) is 3.26. The SMILES string of the molecule is COc1ccc(OCC2CN(C)CCO2)c(C#CCO)c1.